The van der Waals surface area contributed by atoms with Crippen molar-refractivity contribution in [1.82, 2.24) is 20.9 Å². The fourth-order valence-electron chi connectivity index (χ4n) is 4.01. The number of carbonyl (C=O) groups excluding carboxylic acids is 1. The van der Waals surface area contributed by atoms with Crippen LogP contribution in [-0.4, -0.2) is 55.1 Å². The van der Waals surface area contributed by atoms with Gasteiger partial charge >= 0.3 is 0 Å². The summed E-state index contributed by atoms with van der Waals surface area (Å²) in [4.78, 5) is 23.4. The van der Waals surface area contributed by atoms with Crippen LogP contribution in [0.4, 0.5) is 5.82 Å². The number of rotatable bonds is 7. The number of hydrogen-bond acceptors (Lipinski definition) is 4. The number of hydrogen-bond donors (Lipinski definition) is 3. The zero-order valence-corrected chi connectivity index (χ0v) is 20.8. The van der Waals surface area contributed by atoms with E-state index in [-0.39, 0.29) is 35.9 Å². The van der Waals surface area contributed by atoms with Gasteiger partial charge in [0, 0.05) is 44.3 Å². The quantitative estimate of drug-likeness (QED) is 0.277. The summed E-state index contributed by atoms with van der Waals surface area (Å²) in [6.45, 7) is 5.03. The minimum Gasteiger partial charge on any atom is -0.357 e. The van der Waals surface area contributed by atoms with Gasteiger partial charge in [0.1, 0.15) is 5.82 Å². The van der Waals surface area contributed by atoms with E-state index >= 15 is 0 Å². The Labute approximate surface area is 201 Å². The van der Waals surface area contributed by atoms with Crippen LogP contribution in [0.15, 0.2) is 23.3 Å². The Bertz CT molecular complexity index is 698. The summed E-state index contributed by atoms with van der Waals surface area (Å²) >= 11 is 6.28. The van der Waals surface area contributed by atoms with Crippen molar-refractivity contribution in [2.45, 2.75) is 64.0 Å². The normalized spacial score (nSPS) is 19.9. The smallest absolute Gasteiger partial charge is 0.222 e. The summed E-state index contributed by atoms with van der Waals surface area (Å²) in [5.41, 5.74) is 0. The Kier molecular flexibility index (Phi) is 11.0. The van der Waals surface area contributed by atoms with E-state index in [2.05, 4.69) is 30.8 Å². The standard InChI is InChI=1S/C21H33ClN6O.HI/c1-2-23-21(25-13-10-19(29)26-16-7-4-3-5-8-16)27-17-11-14-28(15-17)20-18(22)9-6-12-24-20;/h6,9,12,16-17H,2-5,7-8,10-11,13-15H2,1H3,(H,26,29)(H2,23,25,27);1H. The molecule has 30 heavy (non-hydrogen) atoms. The Hall–Kier alpha value is -1.29. The molecule has 0 radical (unpaired) electrons. The monoisotopic (exact) mass is 548 g/mol. The third-order valence-electron chi connectivity index (χ3n) is 5.49. The molecule has 1 unspecified atom stereocenters. The molecule has 2 heterocycles. The molecule has 1 aliphatic carbocycles. The molecule has 9 heteroatoms. The number of nitrogens with one attached hydrogen (secondary N) is 3. The van der Waals surface area contributed by atoms with Crippen LogP contribution in [-0.2, 0) is 4.79 Å². The maximum absolute atomic E-state index is 12.2. The average molecular weight is 549 g/mol. The third-order valence-corrected chi connectivity index (χ3v) is 5.79. The molecule has 0 aromatic carbocycles. The highest BCUT2D eigenvalue weighted by Gasteiger charge is 2.25. The zero-order chi connectivity index (χ0) is 20.5. The van der Waals surface area contributed by atoms with Gasteiger partial charge in [0.25, 0.3) is 0 Å². The van der Waals surface area contributed by atoms with Crippen LogP contribution in [0.1, 0.15) is 51.9 Å². The van der Waals surface area contributed by atoms with Gasteiger partial charge in [-0.2, -0.15) is 0 Å². The number of nitrogens with zero attached hydrogens (tertiary/aromatic N) is 3. The summed E-state index contributed by atoms with van der Waals surface area (Å²) in [5.74, 6) is 1.70. The molecule has 3 N–H and O–H groups in total. The molecule has 7 nitrogen and oxygen atoms in total. The van der Waals surface area contributed by atoms with Crippen LogP contribution in [0.2, 0.25) is 5.02 Å². The molecule has 1 saturated heterocycles. The van der Waals surface area contributed by atoms with Crippen molar-refractivity contribution in [2.75, 3.05) is 31.1 Å². The van der Waals surface area contributed by atoms with Gasteiger partial charge in [-0.05, 0) is 38.3 Å². The van der Waals surface area contributed by atoms with E-state index < -0.39 is 0 Å². The predicted molar refractivity (Wildman–Crippen MR) is 134 cm³/mol. The van der Waals surface area contributed by atoms with Gasteiger partial charge < -0.3 is 20.9 Å². The summed E-state index contributed by atoms with van der Waals surface area (Å²) in [6.07, 6.45) is 9.13. The number of amides is 1. The maximum Gasteiger partial charge on any atom is 0.222 e. The van der Waals surface area contributed by atoms with E-state index in [0.29, 0.717) is 24.0 Å². The molecule has 1 atom stereocenters. The SMILES string of the molecule is CCNC(=NCCC(=O)NC1CCCCC1)NC1CCN(c2ncccc2Cl)C1.I. The van der Waals surface area contributed by atoms with Crippen LogP contribution in [0.5, 0.6) is 0 Å². The highest BCUT2D eigenvalue weighted by Crippen LogP contribution is 2.25. The summed E-state index contributed by atoms with van der Waals surface area (Å²) in [5, 5.41) is 10.6. The molecular formula is C21H34ClIN6O. The largest absolute Gasteiger partial charge is 0.357 e. The number of aromatic nitrogens is 1. The minimum atomic E-state index is 0. The number of pyridine rings is 1. The predicted octanol–water partition coefficient (Wildman–Crippen LogP) is 3.33. The zero-order valence-electron chi connectivity index (χ0n) is 17.7. The Balaban J connectivity index is 0.00000320. The Morgan fingerprint density at radius 3 is 2.77 bits per heavy atom. The summed E-state index contributed by atoms with van der Waals surface area (Å²) < 4.78 is 0. The van der Waals surface area contributed by atoms with E-state index in [1.54, 1.807) is 6.20 Å². The van der Waals surface area contributed by atoms with E-state index in [1.807, 2.05) is 19.1 Å². The number of anilines is 1. The molecule has 0 bridgehead atoms. The van der Waals surface area contributed by atoms with Gasteiger partial charge in [-0.3, -0.25) is 9.79 Å². The Morgan fingerprint density at radius 2 is 2.03 bits per heavy atom. The fraction of sp³-hybridized carbons (Fsp3) is 0.667. The molecule has 0 spiro atoms. The molecule has 3 rings (SSSR count). The van der Waals surface area contributed by atoms with Crippen LogP contribution in [0, 0.1) is 0 Å². The van der Waals surface area contributed by atoms with E-state index in [1.165, 1.54) is 19.3 Å². The average Bonchev–Trinajstić information content (AvgIpc) is 3.17. The van der Waals surface area contributed by atoms with Crippen molar-refractivity contribution in [1.29, 1.82) is 0 Å². The van der Waals surface area contributed by atoms with Crippen molar-refractivity contribution < 1.29 is 4.79 Å². The lowest BCUT2D eigenvalue weighted by Crippen LogP contribution is -2.45. The van der Waals surface area contributed by atoms with Crippen LogP contribution in [0.3, 0.4) is 0 Å². The van der Waals surface area contributed by atoms with E-state index in [4.69, 9.17) is 11.6 Å². The summed E-state index contributed by atoms with van der Waals surface area (Å²) in [6, 6.07) is 4.34. The molecule has 2 fully saturated rings. The van der Waals surface area contributed by atoms with Gasteiger partial charge in [-0.1, -0.05) is 30.9 Å². The third kappa shape index (κ3) is 7.76. The molecule has 2 aliphatic rings. The number of carbonyl (C=O) groups is 1. The first-order valence-electron chi connectivity index (χ1n) is 10.9. The molecule has 1 aromatic heterocycles. The second-order valence-corrected chi connectivity index (χ2v) is 8.21. The topological polar surface area (TPSA) is 81.6 Å². The first kappa shape index (κ1) is 25.0. The second-order valence-electron chi connectivity index (χ2n) is 7.80. The number of aliphatic imine (C=N–C) groups is 1. The van der Waals surface area contributed by atoms with E-state index in [0.717, 1.165) is 50.7 Å². The van der Waals surface area contributed by atoms with Crippen molar-refractivity contribution >= 4 is 53.3 Å². The van der Waals surface area contributed by atoms with Crippen LogP contribution < -0.4 is 20.9 Å². The molecule has 1 saturated carbocycles. The minimum absolute atomic E-state index is 0. The lowest BCUT2D eigenvalue weighted by molar-refractivity contribution is -0.121. The van der Waals surface area contributed by atoms with Crippen molar-refractivity contribution in [3.63, 3.8) is 0 Å². The molecule has 1 aliphatic heterocycles. The van der Waals surface area contributed by atoms with Gasteiger partial charge in [0.05, 0.1) is 11.6 Å². The number of guanidine groups is 1. The molecular weight excluding hydrogens is 515 g/mol. The summed E-state index contributed by atoms with van der Waals surface area (Å²) in [7, 11) is 0. The second kappa shape index (κ2) is 13.2. The van der Waals surface area contributed by atoms with Gasteiger partial charge in [-0.15, -0.1) is 24.0 Å². The van der Waals surface area contributed by atoms with Gasteiger partial charge in [0.15, 0.2) is 5.96 Å². The van der Waals surface area contributed by atoms with Gasteiger partial charge in [0.2, 0.25) is 5.91 Å². The van der Waals surface area contributed by atoms with Crippen LogP contribution >= 0.6 is 35.6 Å². The van der Waals surface area contributed by atoms with Crippen molar-refractivity contribution in [3.8, 4) is 0 Å². The van der Waals surface area contributed by atoms with Gasteiger partial charge in [-0.25, -0.2) is 4.98 Å². The number of halogens is 2. The highest BCUT2D eigenvalue weighted by molar-refractivity contribution is 14.0. The Morgan fingerprint density at radius 1 is 1.23 bits per heavy atom. The first-order valence-corrected chi connectivity index (χ1v) is 11.2. The van der Waals surface area contributed by atoms with Crippen molar-refractivity contribution in [2.24, 2.45) is 4.99 Å². The molecule has 1 aromatic rings. The maximum atomic E-state index is 12.2. The molecule has 168 valence electrons. The lowest BCUT2D eigenvalue weighted by atomic mass is 9.95. The van der Waals surface area contributed by atoms with Crippen molar-refractivity contribution in [3.05, 3.63) is 23.4 Å². The molecule has 1 amide bonds. The van der Waals surface area contributed by atoms with Crippen LogP contribution in [0.25, 0.3) is 0 Å². The highest BCUT2D eigenvalue weighted by atomic mass is 127. The first-order chi connectivity index (χ1) is 14.2. The van der Waals surface area contributed by atoms with E-state index in [9.17, 15) is 4.79 Å². The lowest BCUT2D eigenvalue weighted by Gasteiger charge is -2.22. The fourth-order valence-corrected chi connectivity index (χ4v) is 4.25.